The van der Waals surface area contributed by atoms with Gasteiger partial charge in [0.05, 0.1) is 16.7 Å². The third kappa shape index (κ3) is 5.38. The van der Waals surface area contributed by atoms with Crippen molar-refractivity contribution in [2.45, 2.75) is 25.0 Å². The van der Waals surface area contributed by atoms with Crippen molar-refractivity contribution in [1.82, 2.24) is 14.9 Å². The van der Waals surface area contributed by atoms with Gasteiger partial charge >= 0.3 is 0 Å². The average molecular weight is 411 g/mol. The molecule has 0 unspecified atom stereocenters. The van der Waals surface area contributed by atoms with Gasteiger partial charge < -0.3 is 10.2 Å². The number of carbonyl (C=O) groups excluding carboxylic acids is 1. The molecule has 0 aliphatic heterocycles. The third-order valence-corrected chi connectivity index (χ3v) is 5.64. The molecular formula is C22H26N4O2S. The molecule has 1 amide bonds. The Bertz CT molecular complexity index is 1020. The molecule has 0 spiro atoms. The molecule has 6 nitrogen and oxygen atoms in total. The molecule has 1 aromatic heterocycles. The lowest BCUT2D eigenvalue weighted by Crippen LogP contribution is -2.30. The quantitative estimate of drug-likeness (QED) is 0.333. The van der Waals surface area contributed by atoms with E-state index in [4.69, 9.17) is 0 Å². The van der Waals surface area contributed by atoms with Gasteiger partial charge in [-0.1, -0.05) is 42.1 Å². The Morgan fingerprint density at radius 2 is 1.86 bits per heavy atom. The predicted molar refractivity (Wildman–Crippen MR) is 120 cm³/mol. The first-order chi connectivity index (χ1) is 14.1. The zero-order valence-electron chi connectivity index (χ0n) is 16.8. The molecule has 7 heteroatoms. The van der Waals surface area contributed by atoms with Crippen molar-refractivity contribution in [3.8, 4) is 0 Å². The van der Waals surface area contributed by atoms with Crippen LogP contribution in [0.15, 0.2) is 64.5 Å². The standard InChI is InChI=1S/C22H26N4O2S/c1-3-26-21(28)18-12-7-8-13-19(18)24-22(26)29-16-20(27)23-14-9-15-25(2)17-10-5-4-6-11-17/h4-8,10-13H,3,9,14-16H2,1-2H3,(H,23,27). The first-order valence-electron chi connectivity index (χ1n) is 9.75. The molecule has 3 rings (SSSR count). The fraction of sp³-hybridized carbons (Fsp3) is 0.318. The van der Waals surface area contributed by atoms with Crippen molar-refractivity contribution in [2.24, 2.45) is 0 Å². The minimum atomic E-state index is -0.0649. The van der Waals surface area contributed by atoms with Crippen LogP contribution in [0.4, 0.5) is 5.69 Å². The van der Waals surface area contributed by atoms with Crippen molar-refractivity contribution in [3.05, 3.63) is 65.0 Å². The van der Waals surface area contributed by atoms with E-state index in [1.807, 2.05) is 50.4 Å². The summed E-state index contributed by atoms with van der Waals surface area (Å²) in [6.07, 6.45) is 0.857. The van der Waals surface area contributed by atoms with Crippen LogP contribution in [-0.4, -0.2) is 41.3 Å². The molecule has 2 aromatic carbocycles. The molecule has 0 radical (unpaired) electrons. The second-order valence-corrected chi connectivity index (χ2v) is 7.65. The summed E-state index contributed by atoms with van der Waals surface area (Å²) in [4.78, 5) is 31.6. The van der Waals surface area contributed by atoms with E-state index < -0.39 is 0 Å². The van der Waals surface area contributed by atoms with E-state index in [2.05, 4.69) is 27.3 Å². The highest BCUT2D eigenvalue weighted by Crippen LogP contribution is 2.17. The van der Waals surface area contributed by atoms with Crippen molar-refractivity contribution < 1.29 is 4.79 Å². The number of amides is 1. The third-order valence-electron chi connectivity index (χ3n) is 4.66. The van der Waals surface area contributed by atoms with E-state index in [0.717, 1.165) is 18.7 Å². The van der Waals surface area contributed by atoms with Gasteiger partial charge in [-0.15, -0.1) is 0 Å². The summed E-state index contributed by atoms with van der Waals surface area (Å²) in [6, 6.07) is 17.5. The van der Waals surface area contributed by atoms with Crippen LogP contribution in [0.2, 0.25) is 0 Å². The first-order valence-corrected chi connectivity index (χ1v) is 10.7. The maximum absolute atomic E-state index is 12.6. The smallest absolute Gasteiger partial charge is 0.262 e. The van der Waals surface area contributed by atoms with Gasteiger partial charge in [0.1, 0.15) is 0 Å². The summed E-state index contributed by atoms with van der Waals surface area (Å²) in [5.74, 6) is 0.182. The number of thioether (sulfide) groups is 1. The summed E-state index contributed by atoms with van der Waals surface area (Å²) in [7, 11) is 2.04. The Morgan fingerprint density at radius 3 is 2.62 bits per heavy atom. The number of fused-ring (bicyclic) bond motifs is 1. The predicted octanol–water partition coefficient (Wildman–Crippen LogP) is 3.15. The second kappa shape index (κ2) is 10.1. The number of nitrogens with one attached hydrogen (secondary N) is 1. The summed E-state index contributed by atoms with van der Waals surface area (Å²) < 4.78 is 1.62. The van der Waals surface area contributed by atoms with Gasteiger partial charge in [-0.3, -0.25) is 14.2 Å². The van der Waals surface area contributed by atoms with E-state index in [0.29, 0.717) is 29.1 Å². The molecule has 1 N–H and O–H groups in total. The second-order valence-electron chi connectivity index (χ2n) is 6.71. The van der Waals surface area contributed by atoms with E-state index in [9.17, 15) is 9.59 Å². The number of benzene rings is 2. The van der Waals surface area contributed by atoms with Gasteiger partial charge in [-0.05, 0) is 37.6 Å². The molecule has 0 aliphatic carbocycles. The van der Waals surface area contributed by atoms with Gasteiger partial charge in [0.25, 0.3) is 5.56 Å². The highest BCUT2D eigenvalue weighted by atomic mass is 32.2. The molecule has 0 aliphatic rings. The van der Waals surface area contributed by atoms with Crippen LogP contribution in [0.25, 0.3) is 10.9 Å². The Morgan fingerprint density at radius 1 is 1.14 bits per heavy atom. The number of para-hydroxylation sites is 2. The topological polar surface area (TPSA) is 67.2 Å². The van der Waals surface area contributed by atoms with Crippen molar-refractivity contribution >= 4 is 34.3 Å². The van der Waals surface area contributed by atoms with Crippen LogP contribution in [0, 0.1) is 0 Å². The van der Waals surface area contributed by atoms with Crippen LogP contribution in [0.3, 0.4) is 0 Å². The van der Waals surface area contributed by atoms with Crippen LogP contribution in [0.5, 0.6) is 0 Å². The van der Waals surface area contributed by atoms with Gasteiger partial charge in [0.2, 0.25) is 5.91 Å². The minimum absolute atomic E-state index is 0.0533. The Kier molecular flexibility index (Phi) is 7.30. The Balaban J connectivity index is 1.50. The number of anilines is 1. The highest BCUT2D eigenvalue weighted by Gasteiger charge is 2.12. The van der Waals surface area contributed by atoms with Gasteiger partial charge in [-0.25, -0.2) is 4.98 Å². The summed E-state index contributed by atoms with van der Waals surface area (Å²) in [6.45, 7) is 3.90. The van der Waals surface area contributed by atoms with Crippen molar-refractivity contribution in [3.63, 3.8) is 0 Å². The molecule has 0 bridgehead atoms. The maximum Gasteiger partial charge on any atom is 0.262 e. The van der Waals surface area contributed by atoms with E-state index in [-0.39, 0.29) is 17.2 Å². The zero-order valence-corrected chi connectivity index (χ0v) is 17.6. The Hall–Kier alpha value is -2.80. The fourth-order valence-corrected chi connectivity index (χ4v) is 3.97. The van der Waals surface area contributed by atoms with Gasteiger partial charge in [-0.2, -0.15) is 0 Å². The van der Waals surface area contributed by atoms with E-state index >= 15 is 0 Å². The lowest BCUT2D eigenvalue weighted by Gasteiger charge is -2.19. The van der Waals surface area contributed by atoms with Gasteiger partial charge in [0.15, 0.2) is 5.16 Å². The Labute approximate surface area is 174 Å². The molecular weight excluding hydrogens is 384 g/mol. The SMILES string of the molecule is CCn1c(SCC(=O)NCCCN(C)c2ccccc2)nc2ccccc2c1=O. The molecule has 3 aromatic rings. The fourth-order valence-electron chi connectivity index (χ4n) is 3.07. The summed E-state index contributed by atoms with van der Waals surface area (Å²) in [5, 5.41) is 4.13. The number of hydrogen-bond acceptors (Lipinski definition) is 5. The van der Waals surface area contributed by atoms with Crippen LogP contribution >= 0.6 is 11.8 Å². The molecule has 0 saturated heterocycles. The lowest BCUT2D eigenvalue weighted by molar-refractivity contribution is -0.118. The van der Waals surface area contributed by atoms with Crippen LogP contribution < -0.4 is 15.8 Å². The zero-order chi connectivity index (χ0) is 20.6. The van der Waals surface area contributed by atoms with E-state index in [1.54, 1.807) is 10.6 Å². The number of nitrogens with zero attached hydrogens (tertiary/aromatic N) is 3. The van der Waals surface area contributed by atoms with E-state index in [1.165, 1.54) is 11.8 Å². The molecule has 0 fully saturated rings. The normalized spacial score (nSPS) is 10.8. The minimum Gasteiger partial charge on any atom is -0.375 e. The lowest BCUT2D eigenvalue weighted by atomic mass is 10.2. The number of rotatable bonds is 9. The van der Waals surface area contributed by atoms with Crippen molar-refractivity contribution in [2.75, 3.05) is 30.8 Å². The average Bonchev–Trinajstić information content (AvgIpc) is 2.76. The number of hydrogen-bond donors (Lipinski definition) is 1. The highest BCUT2D eigenvalue weighted by molar-refractivity contribution is 7.99. The largest absolute Gasteiger partial charge is 0.375 e. The maximum atomic E-state index is 12.6. The first kappa shape index (κ1) is 20.9. The molecule has 152 valence electrons. The van der Waals surface area contributed by atoms with Gasteiger partial charge in [0, 0.05) is 32.4 Å². The molecule has 0 atom stereocenters. The van der Waals surface area contributed by atoms with Crippen LogP contribution in [-0.2, 0) is 11.3 Å². The number of aromatic nitrogens is 2. The van der Waals surface area contributed by atoms with Crippen LogP contribution in [0.1, 0.15) is 13.3 Å². The summed E-state index contributed by atoms with van der Waals surface area (Å²) in [5.41, 5.74) is 1.76. The van der Waals surface area contributed by atoms with Crippen molar-refractivity contribution in [1.29, 1.82) is 0 Å². The monoisotopic (exact) mass is 410 g/mol. The number of carbonyl (C=O) groups is 1. The molecule has 0 saturated carbocycles. The molecule has 1 heterocycles. The summed E-state index contributed by atoms with van der Waals surface area (Å²) >= 11 is 1.30. The molecule has 29 heavy (non-hydrogen) atoms.